The van der Waals surface area contributed by atoms with Crippen LogP contribution in [-0.4, -0.2) is 62.2 Å². The molecule has 1 N–H and O–H groups in total. The number of benzene rings is 1. The van der Waals surface area contributed by atoms with Crippen LogP contribution in [0.1, 0.15) is 82.4 Å². The molecule has 2 amide bonds. The van der Waals surface area contributed by atoms with Crippen molar-refractivity contribution in [2.45, 2.75) is 96.2 Å². The first-order valence-electron chi connectivity index (χ1n) is 15.0. The van der Waals surface area contributed by atoms with Gasteiger partial charge < -0.3 is 10.2 Å². The third-order valence-electron chi connectivity index (χ3n) is 9.58. The van der Waals surface area contributed by atoms with Crippen molar-refractivity contribution in [1.82, 2.24) is 24.5 Å². The summed E-state index contributed by atoms with van der Waals surface area (Å²) in [4.78, 5) is 45.2. The molecule has 1 aromatic heterocycles. The maximum absolute atomic E-state index is 13.8. The van der Waals surface area contributed by atoms with E-state index >= 15 is 0 Å². The summed E-state index contributed by atoms with van der Waals surface area (Å²) in [7, 11) is 1.92. The monoisotopic (exact) mass is 535 g/mol. The van der Waals surface area contributed by atoms with Gasteiger partial charge in [0.1, 0.15) is 11.6 Å². The van der Waals surface area contributed by atoms with E-state index in [1.807, 2.05) is 53.9 Å². The zero-order chi connectivity index (χ0) is 27.6. The lowest BCUT2D eigenvalue weighted by Crippen LogP contribution is -2.73. The molecule has 1 spiro atoms. The lowest BCUT2D eigenvalue weighted by molar-refractivity contribution is -0.162. The third-order valence-corrected chi connectivity index (χ3v) is 9.58. The summed E-state index contributed by atoms with van der Waals surface area (Å²) in [6.45, 7) is 6.67. The fourth-order valence-electron chi connectivity index (χ4n) is 7.04. The molecule has 3 aliphatic rings. The van der Waals surface area contributed by atoms with E-state index in [0.29, 0.717) is 44.9 Å². The molecule has 1 unspecified atom stereocenters. The Morgan fingerprint density at radius 2 is 1.69 bits per heavy atom. The van der Waals surface area contributed by atoms with E-state index in [9.17, 15) is 14.4 Å². The Bertz CT molecular complexity index is 1220. The quantitative estimate of drug-likeness (QED) is 0.556. The molecular weight excluding hydrogens is 490 g/mol. The highest BCUT2D eigenvalue weighted by Crippen LogP contribution is 2.36. The molecule has 2 aliphatic heterocycles. The summed E-state index contributed by atoms with van der Waals surface area (Å²) in [5.74, 6) is 0.679. The number of nitrogens with zero attached hydrogens (tertiary/aromatic N) is 4. The fraction of sp³-hybridized carbons (Fsp3) is 0.645. The number of piperazine rings is 1. The SMILES string of the molecule is CCCCN1C(=O)C(CC2CCCCC2)NC(=O)C12CCN(Cc1c(C)n(C)n(-c3ccccc3)c1=O)CC2. The van der Waals surface area contributed by atoms with E-state index in [4.69, 9.17) is 0 Å². The number of likely N-dealkylation sites (tertiary alicyclic amines) is 1. The van der Waals surface area contributed by atoms with Crippen LogP contribution in [0.5, 0.6) is 0 Å². The largest absolute Gasteiger partial charge is 0.342 e. The first-order valence-corrected chi connectivity index (χ1v) is 15.0. The van der Waals surface area contributed by atoms with Gasteiger partial charge in [-0.3, -0.25) is 24.0 Å². The van der Waals surface area contributed by atoms with E-state index in [0.717, 1.165) is 36.2 Å². The van der Waals surface area contributed by atoms with Crippen LogP contribution in [0.15, 0.2) is 35.1 Å². The van der Waals surface area contributed by atoms with Crippen LogP contribution in [-0.2, 0) is 23.2 Å². The van der Waals surface area contributed by atoms with Crippen LogP contribution in [0.3, 0.4) is 0 Å². The Balaban J connectivity index is 1.31. The molecule has 8 heteroatoms. The molecule has 8 nitrogen and oxygen atoms in total. The Hall–Kier alpha value is -2.87. The Kier molecular flexibility index (Phi) is 8.31. The van der Waals surface area contributed by atoms with Crippen LogP contribution >= 0.6 is 0 Å². The molecule has 3 fully saturated rings. The zero-order valence-electron chi connectivity index (χ0n) is 24.0. The van der Waals surface area contributed by atoms with Crippen LogP contribution < -0.4 is 10.9 Å². The molecule has 39 heavy (non-hydrogen) atoms. The molecule has 1 aromatic carbocycles. The van der Waals surface area contributed by atoms with Crippen molar-refractivity contribution in [3.8, 4) is 5.69 Å². The van der Waals surface area contributed by atoms with Gasteiger partial charge in [0.05, 0.1) is 11.3 Å². The zero-order valence-corrected chi connectivity index (χ0v) is 24.0. The summed E-state index contributed by atoms with van der Waals surface area (Å²) >= 11 is 0. The van der Waals surface area contributed by atoms with Crippen molar-refractivity contribution in [1.29, 1.82) is 0 Å². The van der Waals surface area contributed by atoms with E-state index in [1.54, 1.807) is 4.68 Å². The number of carbonyl (C=O) groups is 2. The van der Waals surface area contributed by atoms with Gasteiger partial charge in [0, 0.05) is 38.9 Å². The number of para-hydroxylation sites is 1. The number of rotatable bonds is 8. The third kappa shape index (κ3) is 5.32. The van der Waals surface area contributed by atoms with Crippen LogP contribution in [0.4, 0.5) is 0 Å². The van der Waals surface area contributed by atoms with Gasteiger partial charge in [-0.1, -0.05) is 63.6 Å². The van der Waals surface area contributed by atoms with Crippen molar-refractivity contribution >= 4 is 11.8 Å². The Morgan fingerprint density at radius 3 is 2.36 bits per heavy atom. The smallest absolute Gasteiger partial charge is 0.276 e. The molecular formula is C31H45N5O3. The number of hydrogen-bond donors (Lipinski definition) is 1. The normalized spacial score (nSPS) is 22.4. The average molecular weight is 536 g/mol. The number of hydrogen-bond acceptors (Lipinski definition) is 4. The summed E-state index contributed by atoms with van der Waals surface area (Å²) in [6, 6.07) is 9.33. The summed E-state index contributed by atoms with van der Waals surface area (Å²) in [5.41, 5.74) is 1.81. The highest BCUT2D eigenvalue weighted by Gasteiger charge is 2.53. The van der Waals surface area contributed by atoms with Gasteiger partial charge in [0.2, 0.25) is 11.8 Å². The second-order valence-corrected chi connectivity index (χ2v) is 12.0. The number of piperidine rings is 1. The minimum absolute atomic E-state index is 0.00204. The lowest BCUT2D eigenvalue weighted by Gasteiger charge is -2.52. The predicted molar refractivity (Wildman–Crippen MR) is 153 cm³/mol. The molecule has 1 atom stereocenters. The Morgan fingerprint density at radius 1 is 1.00 bits per heavy atom. The molecule has 0 bridgehead atoms. The van der Waals surface area contributed by atoms with E-state index in [2.05, 4.69) is 17.1 Å². The second kappa shape index (κ2) is 11.7. The van der Waals surface area contributed by atoms with Crippen LogP contribution in [0.2, 0.25) is 0 Å². The molecule has 1 aliphatic carbocycles. The van der Waals surface area contributed by atoms with Gasteiger partial charge in [-0.25, -0.2) is 4.68 Å². The molecule has 1 saturated carbocycles. The summed E-state index contributed by atoms with van der Waals surface area (Å²) in [5, 5.41) is 3.19. The van der Waals surface area contributed by atoms with Gasteiger partial charge in [-0.05, 0) is 50.7 Å². The van der Waals surface area contributed by atoms with Gasteiger partial charge in [-0.2, -0.15) is 0 Å². The molecule has 0 radical (unpaired) electrons. The van der Waals surface area contributed by atoms with Gasteiger partial charge >= 0.3 is 0 Å². The standard InChI is InChI=1S/C31H45N5O3/c1-4-5-18-35-29(38)27(21-24-12-8-6-9-13-24)32-30(39)31(35)16-19-34(20-17-31)22-26-23(2)33(3)36(28(26)37)25-14-10-7-11-15-25/h7,10-11,14-15,24,27H,4-6,8-9,12-13,16-22H2,1-3H3,(H,32,39). The highest BCUT2D eigenvalue weighted by molar-refractivity contribution is 6.00. The van der Waals surface area contributed by atoms with Crippen LogP contribution in [0.25, 0.3) is 5.69 Å². The topological polar surface area (TPSA) is 79.6 Å². The summed E-state index contributed by atoms with van der Waals surface area (Å²) in [6.07, 6.45) is 9.95. The van der Waals surface area contributed by atoms with Crippen LogP contribution in [0, 0.1) is 12.8 Å². The molecule has 5 rings (SSSR count). The number of carbonyl (C=O) groups excluding carboxylic acids is 2. The van der Waals surface area contributed by atoms with Gasteiger partial charge in [0.15, 0.2) is 0 Å². The number of nitrogens with one attached hydrogen (secondary N) is 1. The maximum Gasteiger partial charge on any atom is 0.276 e. The van der Waals surface area contributed by atoms with Crippen molar-refractivity contribution in [2.24, 2.45) is 13.0 Å². The first-order chi connectivity index (χ1) is 18.9. The first kappa shape index (κ1) is 27.7. The second-order valence-electron chi connectivity index (χ2n) is 12.0. The summed E-state index contributed by atoms with van der Waals surface area (Å²) < 4.78 is 3.65. The number of unbranched alkanes of at least 4 members (excludes halogenated alkanes) is 1. The van der Waals surface area contributed by atoms with Crippen molar-refractivity contribution in [3.05, 3.63) is 51.9 Å². The molecule has 2 aromatic rings. The number of amides is 2. The minimum atomic E-state index is -0.776. The van der Waals surface area contributed by atoms with Crippen molar-refractivity contribution < 1.29 is 9.59 Å². The van der Waals surface area contributed by atoms with Gasteiger partial charge in [0.25, 0.3) is 5.56 Å². The average Bonchev–Trinajstić information content (AvgIpc) is 3.16. The van der Waals surface area contributed by atoms with Gasteiger partial charge in [-0.15, -0.1) is 0 Å². The lowest BCUT2D eigenvalue weighted by atomic mass is 9.79. The van der Waals surface area contributed by atoms with E-state index in [-0.39, 0.29) is 23.4 Å². The predicted octanol–water partition coefficient (Wildman–Crippen LogP) is 3.92. The van der Waals surface area contributed by atoms with E-state index in [1.165, 1.54) is 32.1 Å². The molecule has 212 valence electrons. The maximum atomic E-state index is 13.8. The van der Waals surface area contributed by atoms with Crippen molar-refractivity contribution in [2.75, 3.05) is 19.6 Å². The molecule has 2 saturated heterocycles. The van der Waals surface area contributed by atoms with E-state index < -0.39 is 5.54 Å². The Labute approximate surface area is 232 Å². The number of aromatic nitrogens is 2. The molecule has 3 heterocycles. The van der Waals surface area contributed by atoms with Crippen molar-refractivity contribution in [3.63, 3.8) is 0 Å². The highest BCUT2D eigenvalue weighted by atomic mass is 16.2. The fourth-order valence-corrected chi connectivity index (χ4v) is 7.04. The minimum Gasteiger partial charge on any atom is -0.342 e.